The summed E-state index contributed by atoms with van der Waals surface area (Å²) in [7, 11) is 0. The highest BCUT2D eigenvalue weighted by molar-refractivity contribution is 9.10. The molecule has 1 aromatic carbocycles. The van der Waals surface area contributed by atoms with Crippen molar-refractivity contribution in [2.45, 2.75) is 46.1 Å². The van der Waals surface area contributed by atoms with Crippen molar-refractivity contribution in [2.24, 2.45) is 5.92 Å². The maximum Gasteiger partial charge on any atom is 0.293 e. The summed E-state index contributed by atoms with van der Waals surface area (Å²) in [5.74, 6) is 0.133. The second-order valence-electron chi connectivity index (χ2n) is 5.41. The van der Waals surface area contributed by atoms with E-state index >= 15 is 0 Å². The number of nitrogens with one attached hydrogen (secondary N) is 1. The third-order valence-electron chi connectivity index (χ3n) is 3.06. The Morgan fingerprint density at radius 3 is 2.55 bits per heavy atom. The molecule has 20 heavy (non-hydrogen) atoms. The van der Waals surface area contributed by atoms with Gasteiger partial charge in [-0.25, -0.2) is 4.39 Å². The smallest absolute Gasteiger partial charge is 0.293 e. The normalized spacial score (nSPS) is 12.5. The van der Waals surface area contributed by atoms with Crippen molar-refractivity contribution in [3.05, 3.63) is 32.5 Å². The lowest BCUT2D eigenvalue weighted by Gasteiger charge is -2.16. The standard InChI is InChI=1S/C14H20BrFN2O2/c1-9(2)5-4-6-10(3)17-13-8-12(16)11(15)7-14(13)18(19)20/h7-10,17H,4-6H2,1-3H3. The van der Waals surface area contributed by atoms with Crippen molar-refractivity contribution in [1.82, 2.24) is 0 Å². The third kappa shape index (κ3) is 5.07. The second kappa shape index (κ2) is 7.57. The predicted octanol–water partition coefficient (Wildman–Crippen LogP) is 5.12. The Balaban J connectivity index is 2.75. The summed E-state index contributed by atoms with van der Waals surface area (Å²) in [5, 5.41) is 14.0. The van der Waals surface area contributed by atoms with Crippen LogP contribution in [0.15, 0.2) is 16.6 Å². The highest BCUT2D eigenvalue weighted by atomic mass is 79.9. The summed E-state index contributed by atoms with van der Waals surface area (Å²) in [6, 6.07) is 2.42. The topological polar surface area (TPSA) is 55.2 Å². The Labute approximate surface area is 127 Å². The maximum absolute atomic E-state index is 13.5. The second-order valence-corrected chi connectivity index (χ2v) is 6.27. The molecule has 1 unspecified atom stereocenters. The lowest BCUT2D eigenvalue weighted by molar-refractivity contribution is -0.384. The molecule has 0 aliphatic rings. The summed E-state index contributed by atoms with van der Waals surface area (Å²) in [5.41, 5.74) is 0.113. The van der Waals surface area contributed by atoms with E-state index in [1.807, 2.05) is 6.92 Å². The van der Waals surface area contributed by atoms with Crippen LogP contribution < -0.4 is 5.32 Å². The van der Waals surface area contributed by atoms with Crippen LogP contribution in [0.2, 0.25) is 0 Å². The summed E-state index contributed by atoms with van der Waals surface area (Å²) in [6.07, 6.45) is 3.05. The highest BCUT2D eigenvalue weighted by Crippen LogP contribution is 2.31. The molecule has 0 radical (unpaired) electrons. The van der Waals surface area contributed by atoms with E-state index in [9.17, 15) is 14.5 Å². The van der Waals surface area contributed by atoms with Crippen molar-refractivity contribution >= 4 is 27.3 Å². The molecule has 4 nitrogen and oxygen atoms in total. The van der Waals surface area contributed by atoms with Crippen molar-refractivity contribution in [1.29, 1.82) is 0 Å². The van der Waals surface area contributed by atoms with Gasteiger partial charge in [-0.2, -0.15) is 0 Å². The van der Waals surface area contributed by atoms with E-state index in [4.69, 9.17) is 0 Å². The van der Waals surface area contributed by atoms with Crippen LogP contribution in [0.25, 0.3) is 0 Å². The number of nitro groups is 1. The lowest BCUT2D eigenvalue weighted by Crippen LogP contribution is -2.16. The fourth-order valence-electron chi connectivity index (χ4n) is 1.97. The molecule has 0 aromatic heterocycles. The van der Waals surface area contributed by atoms with Gasteiger partial charge in [0.25, 0.3) is 5.69 Å². The number of anilines is 1. The molecular formula is C14H20BrFN2O2. The monoisotopic (exact) mass is 346 g/mol. The van der Waals surface area contributed by atoms with Gasteiger partial charge in [0.15, 0.2) is 0 Å². The Bertz CT molecular complexity index is 480. The van der Waals surface area contributed by atoms with E-state index in [1.165, 1.54) is 12.1 Å². The van der Waals surface area contributed by atoms with Crippen LogP contribution in [0.5, 0.6) is 0 Å². The van der Waals surface area contributed by atoms with E-state index in [0.29, 0.717) is 5.92 Å². The van der Waals surface area contributed by atoms with Crippen LogP contribution in [-0.2, 0) is 0 Å². The first-order chi connectivity index (χ1) is 9.31. The molecule has 1 atom stereocenters. The molecule has 0 saturated heterocycles. The van der Waals surface area contributed by atoms with Gasteiger partial charge in [-0.05, 0) is 35.2 Å². The van der Waals surface area contributed by atoms with Crippen molar-refractivity contribution in [2.75, 3.05) is 5.32 Å². The summed E-state index contributed by atoms with van der Waals surface area (Å²) >= 11 is 2.97. The molecule has 1 aromatic rings. The molecule has 0 aliphatic heterocycles. The Hall–Kier alpha value is -1.17. The number of halogens is 2. The van der Waals surface area contributed by atoms with Gasteiger partial charge in [0.2, 0.25) is 0 Å². The number of rotatable bonds is 7. The van der Waals surface area contributed by atoms with Gasteiger partial charge >= 0.3 is 0 Å². The lowest BCUT2D eigenvalue weighted by atomic mass is 10.0. The first-order valence-corrected chi connectivity index (χ1v) is 7.50. The molecular weight excluding hydrogens is 327 g/mol. The molecule has 0 amide bonds. The summed E-state index contributed by atoms with van der Waals surface area (Å²) in [4.78, 5) is 10.5. The zero-order valence-corrected chi connectivity index (χ0v) is 13.5. The number of nitro benzene ring substituents is 1. The van der Waals surface area contributed by atoms with E-state index in [0.717, 1.165) is 19.3 Å². The maximum atomic E-state index is 13.5. The molecule has 1 N–H and O–H groups in total. The minimum absolute atomic E-state index is 0.0630. The van der Waals surface area contributed by atoms with E-state index < -0.39 is 10.7 Å². The van der Waals surface area contributed by atoms with Crippen LogP contribution in [0.4, 0.5) is 15.8 Å². The van der Waals surface area contributed by atoms with Gasteiger partial charge in [-0.1, -0.05) is 26.7 Å². The molecule has 0 bridgehead atoms. The average molecular weight is 347 g/mol. The quantitative estimate of drug-likeness (QED) is 0.550. The van der Waals surface area contributed by atoms with Gasteiger partial charge in [-0.3, -0.25) is 10.1 Å². The minimum atomic E-state index is -0.507. The van der Waals surface area contributed by atoms with Crippen molar-refractivity contribution < 1.29 is 9.31 Å². The van der Waals surface area contributed by atoms with E-state index in [1.54, 1.807) is 0 Å². The molecule has 0 saturated carbocycles. The fraction of sp³-hybridized carbons (Fsp3) is 0.571. The molecule has 1 rings (SSSR count). The van der Waals surface area contributed by atoms with Crippen molar-refractivity contribution in [3.8, 4) is 0 Å². The Kier molecular flexibility index (Phi) is 6.39. The fourth-order valence-corrected chi connectivity index (χ4v) is 2.30. The molecule has 0 fully saturated rings. The van der Waals surface area contributed by atoms with Crippen LogP contribution in [0, 0.1) is 21.8 Å². The van der Waals surface area contributed by atoms with E-state index in [2.05, 4.69) is 35.1 Å². The van der Waals surface area contributed by atoms with Crippen LogP contribution in [0.1, 0.15) is 40.0 Å². The van der Waals surface area contributed by atoms with Gasteiger partial charge in [-0.15, -0.1) is 0 Å². The molecule has 112 valence electrons. The summed E-state index contributed by atoms with van der Waals surface area (Å²) in [6.45, 7) is 6.27. The molecule has 0 heterocycles. The van der Waals surface area contributed by atoms with Crippen molar-refractivity contribution in [3.63, 3.8) is 0 Å². The highest BCUT2D eigenvalue weighted by Gasteiger charge is 2.18. The van der Waals surface area contributed by atoms with Gasteiger partial charge in [0.1, 0.15) is 11.5 Å². The molecule has 0 aliphatic carbocycles. The Morgan fingerprint density at radius 1 is 1.35 bits per heavy atom. The van der Waals surface area contributed by atoms with Crippen LogP contribution in [-0.4, -0.2) is 11.0 Å². The largest absolute Gasteiger partial charge is 0.377 e. The first kappa shape index (κ1) is 16.9. The average Bonchev–Trinajstić information content (AvgIpc) is 2.32. The first-order valence-electron chi connectivity index (χ1n) is 6.71. The van der Waals surface area contributed by atoms with E-state index in [-0.39, 0.29) is 21.9 Å². The predicted molar refractivity (Wildman–Crippen MR) is 82.5 cm³/mol. The SMILES string of the molecule is CC(C)CCCC(C)Nc1cc(F)c(Br)cc1[N+](=O)[O-]. The molecule has 0 spiro atoms. The number of benzene rings is 1. The zero-order chi connectivity index (χ0) is 15.3. The van der Waals surface area contributed by atoms with Crippen LogP contribution >= 0.6 is 15.9 Å². The van der Waals surface area contributed by atoms with Gasteiger partial charge in [0.05, 0.1) is 9.40 Å². The zero-order valence-electron chi connectivity index (χ0n) is 12.0. The van der Waals surface area contributed by atoms with Gasteiger partial charge < -0.3 is 5.32 Å². The number of hydrogen-bond donors (Lipinski definition) is 1. The Morgan fingerprint density at radius 2 is 2.00 bits per heavy atom. The summed E-state index contributed by atoms with van der Waals surface area (Å²) < 4.78 is 13.6. The minimum Gasteiger partial charge on any atom is -0.377 e. The van der Waals surface area contributed by atoms with Gasteiger partial charge in [0, 0.05) is 18.2 Å². The third-order valence-corrected chi connectivity index (χ3v) is 3.66. The van der Waals surface area contributed by atoms with Crippen LogP contribution in [0.3, 0.4) is 0 Å². The number of hydrogen-bond acceptors (Lipinski definition) is 3. The molecule has 6 heteroatoms. The number of nitrogens with zero attached hydrogens (tertiary/aromatic N) is 1.